The molecule has 0 unspecified atom stereocenters. The first-order valence-corrected chi connectivity index (χ1v) is 7.39. The average Bonchev–Trinajstić information content (AvgIpc) is 3.01. The number of nitro groups is 1. The highest BCUT2D eigenvalue weighted by molar-refractivity contribution is 6.33. The van der Waals surface area contributed by atoms with Gasteiger partial charge in [0.05, 0.1) is 4.92 Å². The molecule has 0 atom stereocenters. The number of benzene rings is 2. The standard InChI is InChI=1S/C18H10N6O2/c19-10-13(11-20)16-17(21)23(14-6-8-15(9-7-14)24(25)26)18(22-16)12-4-2-1-3-5-12/h1-9,21H. The molecule has 0 saturated heterocycles. The van der Waals surface area contributed by atoms with Crippen LogP contribution in [-0.4, -0.2) is 16.6 Å². The molecule has 0 spiro atoms. The smallest absolute Gasteiger partial charge is 0.269 e. The molecule has 0 radical (unpaired) electrons. The van der Waals surface area contributed by atoms with E-state index in [9.17, 15) is 10.1 Å². The quantitative estimate of drug-likeness (QED) is 0.520. The third kappa shape index (κ3) is 2.79. The maximum atomic E-state index is 10.8. The van der Waals surface area contributed by atoms with Crippen LogP contribution < -0.4 is 4.90 Å². The van der Waals surface area contributed by atoms with Gasteiger partial charge in [-0.25, -0.2) is 4.99 Å². The molecule has 0 amide bonds. The van der Waals surface area contributed by atoms with Crippen LogP contribution in [0.3, 0.4) is 0 Å². The van der Waals surface area contributed by atoms with E-state index in [2.05, 4.69) is 4.99 Å². The zero-order chi connectivity index (χ0) is 18.7. The van der Waals surface area contributed by atoms with Crippen LogP contribution in [0.4, 0.5) is 11.4 Å². The Morgan fingerprint density at radius 2 is 1.69 bits per heavy atom. The molecule has 2 aromatic rings. The summed E-state index contributed by atoms with van der Waals surface area (Å²) >= 11 is 0. The summed E-state index contributed by atoms with van der Waals surface area (Å²) in [7, 11) is 0. The summed E-state index contributed by atoms with van der Waals surface area (Å²) < 4.78 is 0. The van der Waals surface area contributed by atoms with E-state index >= 15 is 0 Å². The zero-order valence-electron chi connectivity index (χ0n) is 13.2. The largest absolute Gasteiger partial charge is 0.282 e. The van der Waals surface area contributed by atoms with Crippen molar-refractivity contribution in [3.63, 3.8) is 0 Å². The van der Waals surface area contributed by atoms with Crippen molar-refractivity contribution in [2.24, 2.45) is 4.99 Å². The number of rotatable bonds is 3. The summed E-state index contributed by atoms with van der Waals surface area (Å²) in [5.41, 5.74) is 0.762. The van der Waals surface area contributed by atoms with Crippen molar-refractivity contribution in [1.29, 1.82) is 15.9 Å². The molecular weight excluding hydrogens is 332 g/mol. The highest BCUT2D eigenvalue weighted by atomic mass is 16.6. The van der Waals surface area contributed by atoms with Crippen LogP contribution in [0.5, 0.6) is 0 Å². The third-order valence-corrected chi connectivity index (χ3v) is 3.69. The van der Waals surface area contributed by atoms with Crippen LogP contribution in [0.15, 0.2) is 70.9 Å². The molecule has 124 valence electrons. The monoisotopic (exact) mass is 342 g/mol. The summed E-state index contributed by atoms with van der Waals surface area (Å²) in [5, 5.41) is 37.5. The molecule has 1 aliphatic rings. The van der Waals surface area contributed by atoms with Gasteiger partial charge >= 0.3 is 0 Å². The van der Waals surface area contributed by atoms with Gasteiger partial charge in [0, 0.05) is 23.4 Å². The van der Waals surface area contributed by atoms with Crippen molar-refractivity contribution in [1.82, 2.24) is 0 Å². The van der Waals surface area contributed by atoms with Gasteiger partial charge in [-0.2, -0.15) is 10.5 Å². The summed E-state index contributed by atoms with van der Waals surface area (Å²) in [6.45, 7) is 0. The number of nitrogens with zero attached hydrogens (tertiary/aromatic N) is 5. The molecule has 0 bridgehead atoms. The van der Waals surface area contributed by atoms with Gasteiger partial charge in [0.25, 0.3) is 5.69 Å². The van der Waals surface area contributed by atoms with Crippen molar-refractivity contribution in [3.8, 4) is 12.1 Å². The molecule has 26 heavy (non-hydrogen) atoms. The van der Waals surface area contributed by atoms with Crippen molar-refractivity contribution in [3.05, 3.63) is 81.5 Å². The van der Waals surface area contributed by atoms with Gasteiger partial charge in [-0.3, -0.25) is 20.4 Å². The molecule has 0 aliphatic carbocycles. The zero-order valence-corrected chi connectivity index (χ0v) is 13.2. The Morgan fingerprint density at radius 1 is 1.08 bits per heavy atom. The fraction of sp³-hybridized carbons (Fsp3) is 0. The van der Waals surface area contributed by atoms with E-state index in [1.54, 1.807) is 36.4 Å². The molecule has 2 aromatic carbocycles. The molecule has 1 heterocycles. The normalized spacial score (nSPS) is 13.0. The van der Waals surface area contributed by atoms with E-state index in [1.165, 1.54) is 29.2 Å². The topological polar surface area (TPSA) is 130 Å². The predicted molar refractivity (Wildman–Crippen MR) is 94.5 cm³/mol. The highest BCUT2D eigenvalue weighted by Gasteiger charge is 2.32. The summed E-state index contributed by atoms with van der Waals surface area (Å²) in [5.74, 6) is 0.221. The molecule has 8 nitrogen and oxygen atoms in total. The minimum Gasteiger partial charge on any atom is -0.282 e. The maximum Gasteiger partial charge on any atom is 0.269 e. The molecule has 8 heteroatoms. The molecule has 0 aromatic heterocycles. The lowest BCUT2D eigenvalue weighted by Gasteiger charge is -2.20. The predicted octanol–water partition coefficient (Wildman–Crippen LogP) is 3.14. The van der Waals surface area contributed by atoms with Gasteiger partial charge in [-0.15, -0.1) is 0 Å². The average molecular weight is 342 g/mol. The molecule has 3 rings (SSSR count). The van der Waals surface area contributed by atoms with Crippen LogP contribution in [-0.2, 0) is 0 Å². The lowest BCUT2D eigenvalue weighted by atomic mass is 10.1. The number of non-ortho nitro benzene ring substituents is 1. The van der Waals surface area contributed by atoms with Crippen LogP contribution >= 0.6 is 0 Å². The van der Waals surface area contributed by atoms with Crippen LogP contribution in [0, 0.1) is 38.2 Å². The number of nitro benzene ring substituents is 1. The molecule has 1 N–H and O–H groups in total. The SMILES string of the molecule is N#CC(C#N)=C1N=C(c2ccccc2)N(c2ccc([N+](=O)[O-])cc2)C1=N. The highest BCUT2D eigenvalue weighted by Crippen LogP contribution is 2.29. The van der Waals surface area contributed by atoms with E-state index < -0.39 is 4.92 Å². The molecule has 1 aliphatic heterocycles. The number of hydrogen-bond acceptors (Lipinski definition) is 6. The first-order valence-electron chi connectivity index (χ1n) is 7.39. The van der Waals surface area contributed by atoms with Gasteiger partial charge < -0.3 is 0 Å². The first kappa shape index (κ1) is 16.6. The van der Waals surface area contributed by atoms with Crippen LogP contribution in [0.25, 0.3) is 0 Å². The molecule has 0 saturated carbocycles. The Hall–Kier alpha value is -4.30. The minimum absolute atomic E-state index is 0.0350. The second-order valence-electron chi connectivity index (χ2n) is 5.21. The summed E-state index contributed by atoms with van der Waals surface area (Å²) in [4.78, 5) is 16.1. The second-order valence-corrected chi connectivity index (χ2v) is 5.21. The van der Waals surface area contributed by atoms with Crippen molar-refractivity contribution >= 4 is 23.0 Å². The number of anilines is 1. The number of nitrogens with one attached hydrogen (secondary N) is 1. The van der Waals surface area contributed by atoms with Gasteiger partial charge in [0.1, 0.15) is 23.7 Å². The van der Waals surface area contributed by atoms with E-state index in [0.717, 1.165) is 0 Å². The minimum atomic E-state index is -0.514. The second kappa shape index (κ2) is 6.67. The first-order chi connectivity index (χ1) is 12.6. The van der Waals surface area contributed by atoms with Crippen molar-refractivity contribution in [2.45, 2.75) is 0 Å². The fourth-order valence-electron chi connectivity index (χ4n) is 2.48. The number of amidine groups is 2. The number of hydrogen-bond donors (Lipinski definition) is 1. The van der Waals surface area contributed by atoms with Gasteiger partial charge in [-0.1, -0.05) is 30.3 Å². The van der Waals surface area contributed by atoms with E-state index in [-0.39, 0.29) is 22.8 Å². The Balaban J connectivity index is 2.16. The van der Waals surface area contributed by atoms with Crippen LogP contribution in [0.1, 0.15) is 5.56 Å². The van der Waals surface area contributed by atoms with E-state index in [4.69, 9.17) is 15.9 Å². The maximum absolute atomic E-state index is 10.8. The fourth-order valence-corrected chi connectivity index (χ4v) is 2.48. The van der Waals surface area contributed by atoms with Crippen molar-refractivity contribution < 1.29 is 4.92 Å². The lowest BCUT2D eigenvalue weighted by molar-refractivity contribution is -0.384. The Kier molecular flexibility index (Phi) is 4.25. The summed E-state index contributed by atoms with van der Waals surface area (Å²) in [6, 6.07) is 18.1. The molecule has 0 fully saturated rings. The number of allylic oxidation sites excluding steroid dienone is 1. The summed E-state index contributed by atoms with van der Waals surface area (Å²) in [6.07, 6.45) is 0. The van der Waals surface area contributed by atoms with Crippen molar-refractivity contribution in [2.75, 3.05) is 4.90 Å². The van der Waals surface area contributed by atoms with E-state index in [1.807, 2.05) is 6.07 Å². The van der Waals surface area contributed by atoms with E-state index in [0.29, 0.717) is 17.1 Å². The number of aliphatic imine (C=N–C) groups is 1. The van der Waals surface area contributed by atoms with Gasteiger partial charge in [-0.05, 0) is 12.1 Å². The molecular formula is C18H10N6O2. The Morgan fingerprint density at radius 3 is 2.23 bits per heavy atom. The van der Waals surface area contributed by atoms with Gasteiger partial charge in [0.15, 0.2) is 11.4 Å². The van der Waals surface area contributed by atoms with Gasteiger partial charge in [0.2, 0.25) is 0 Å². The lowest BCUT2D eigenvalue weighted by Crippen LogP contribution is -2.32. The third-order valence-electron chi connectivity index (χ3n) is 3.69. The van der Waals surface area contributed by atoms with Crippen LogP contribution in [0.2, 0.25) is 0 Å². The Bertz CT molecular complexity index is 1020. The number of nitriles is 2. The Labute approximate surface area is 148 Å².